The molecule has 1 aliphatic carbocycles. The van der Waals surface area contributed by atoms with Crippen LogP contribution < -0.4 is 5.32 Å². The summed E-state index contributed by atoms with van der Waals surface area (Å²) in [7, 11) is 1.77. The van der Waals surface area contributed by atoms with Crippen molar-refractivity contribution in [2.45, 2.75) is 38.6 Å². The first kappa shape index (κ1) is 13.6. The summed E-state index contributed by atoms with van der Waals surface area (Å²) in [6, 6.07) is 9.64. The summed E-state index contributed by atoms with van der Waals surface area (Å²) in [4.78, 5) is 0. The van der Waals surface area contributed by atoms with Crippen molar-refractivity contribution in [3.05, 3.63) is 35.4 Å². The molecule has 2 nitrogen and oxygen atoms in total. The maximum absolute atomic E-state index is 5.15. The van der Waals surface area contributed by atoms with Crippen molar-refractivity contribution in [3.63, 3.8) is 0 Å². The molecule has 0 spiro atoms. The van der Waals surface area contributed by atoms with Crippen molar-refractivity contribution in [1.82, 2.24) is 5.32 Å². The second-order valence-corrected chi connectivity index (χ2v) is 5.75. The third kappa shape index (κ3) is 3.56. The Morgan fingerprint density at radius 3 is 2.83 bits per heavy atom. The van der Waals surface area contributed by atoms with Crippen molar-refractivity contribution in [2.75, 3.05) is 20.3 Å². The van der Waals surface area contributed by atoms with E-state index in [0.717, 1.165) is 19.1 Å². The minimum Gasteiger partial charge on any atom is -0.384 e. The van der Waals surface area contributed by atoms with Gasteiger partial charge in [-0.15, -0.1) is 0 Å². The van der Waals surface area contributed by atoms with Gasteiger partial charge in [-0.25, -0.2) is 0 Å². The van der Waals surface area contributed by atoms with Gasteiger partial charge in [0.1, 0.15) is 0 Å². The van der Waals surface area contributed by atoms with Crippen LogP contribution in [-0.2, 0) is 4.74 Å². The molecule has 0 amide bonds. The van der Waals surface area contributed by atoms with E-state index in [2.05, 4.69) is 43.4 Å². The van der Waals surface area contributed by atoms with Crippen molar-refractivity contribution >= 4 is 0 Å². The molecule has 0 heterocycles. The van der Waals surface area contributed by atoms with Crippen LogP contribution in [0.5, 0.6) is 0 Å². The predicted octanol–water partition coefficient (Wildman–Crippen LogP) is 3.11. The van der Waals surface area contributed by atoms with Gasteiger partial charge in [-0.1, -0.05) is 36.8 Å². The van der Waals surface area contributed by atoms with Gasteiger partial charge in [-0.05, 0) is 37.2 Å². The van der Waals surface area contributed by atoms with Gasteiger partial charge in [-0.2, -0.15) is 0 Å². The normalized spacial score (nSPS) is 24.6. The monoisotopic (exact) mass is 247 g/mol. The van der Waals surface area contributed by atoms with Gasteiger partial charge >= 0.3 is 0 Å². The summed E-state index contributed by atoms with van der Waals surface area (Å²) in [5, 5.41) is 3.64. The molecule has 0 saturated heterocycles. The van der Waals surface area contributed by atoms with Gasteiger partial charge in [0.25, 0.3) is 0 Å². The van der Waals surface area contributed by atoms with Gasteiger partial charge in [0, 0.05) is 26.3 Å². The molecular formula is C16H25NO. The van der Waals surface area contributed by atoms with Gasteiger partial charge in [-0.3, -0.25) is 0 Å². The molecule has 1 aromatic carbocycles. The van der Waals surface area contributed by atoms with E-state index in [1.807, 2.05) is 0 Å². The summed E-state index contributed by atoms with van der Waals surface area (Å²) in [5.74, 6) is 1.37. The van der Waals surface area contributed by atoms with E-state index >= 15 is 0 Å². The Balaban J connectivity index is 1.71. The zero-order chi connectivity index (χ0) is 13.0. The van der Waals surface area contributed by atoms with Gasteiger partial charge < -0.3 is 10.1 Å². The fourth-order valence-electron chi connectivity index (χ4n) is 2.69. The second-order valence-electron chi connectivity index (χ2n) is 5.75. The van der Waals surface area contributed by atoms with Crippen LogP contribution in [0.1, 0.15) is 36.8 Å². The lowest BCUT2D eigenvalue weighted by Crippen LogP contribution is -2.42. The topological polar surface area (TPSA) is 21.3 Å². The smallest absolute Gasteiger partial charge is 0.0499 e. The quantitative estimate of drug-likeness (QED) is 0.834. The number of rotatable bonds is 6. The summed E-state index contributed by atoms with van der Waals surface area (Å²) in [6.45, 7) is 6.32. The Morgan fingerprint density at radius 2 is 2.17 bits per heavy atom. The molecule has 18 heavy (non-hydrogen) atoms. The van der Waals surface area contributed by atoms with Crippen molar-refractivity contribution in [3.8, 4) is 0 Å². The Morgan fingerprint density at radius 1 is 1.39 bits per heavy atom. The number of hydrogen-bond donors (Lipinski definition) is 1. The molecule has 1 aromatic rings. The molecule has 2 heteroatoms. The molecule has 0 aliphatic heterocycles. The first-order chi connectivity index (χ1) is 8.69. The minimum absolute atomic E-state index is 0.605. The molecular weight excluding hydrogens is 222 g/mol. The largest absolute Gasteiger partial charge is 0.384 e. The molecule has 1 N–H and O–H groups in total. The zero-order valence-electron chi connectivity index (χ0n) is 11.8. The number of hydrogen-bond acceptors (Lipinski definition) is 2. The molecule has 1 aliphatic rings. The van der Waals surface area contributed by atoms with E-state index in [0.29, 0.717) is 12.0 Å². The van der Waals surface area contributed by atoms with Crippen molar-refractivity contribution in [1.29, 1.82) is 0 Å². The van der Waals surface area contributed by atoms with Crippen LogP contribution in [0, 0.1) is 12.8 Å². The standard InChI is InChI=1S/C16H25NO/c1-12-5-4-6-14(7-12)15-8-16(9-15)17-10-13(2)11-18-3/h4-7,13,15-17H,8-11H2,1-3H3. The first-order valence-electron chi connectivity index (χ1n) is 6.98. The number of aryl methyl sites for hydroxylation is 1. The Kier molecular flexibility index (Phi) is 4.79. The second kappa shape index (κ2) is 6.35. The number of methoxy groups -OCH3 is 1. The minimum atomic E-state index is 0.605. The fraction of sp³-hybridized carbons (Fsp3) is 0.625. The lowest BCUT2D eigenvalue weighted by molar-refractivity contribution is 0.152. The molecule has 1 unspecified atom stereocenters. The average Bonchev–Trinajstić information content (AvgIpc) is 2.27. The summed E-state index contributed by atoms with van der Waals surface area (Å²) in [6.07, 6.45) is 2.56. The Hall–Kier alpha value is -0.860. The van der Waals surface area contributed by atoms with E-state index < -0.39 is 0 Å². The first-order valence-corrected chi connectivity index (χ1v) is 6.98. The van der Waals surface area contributed by atoms with E-state index in [1.54, 1.807) is 7.11 Å². The third-order valence-electron chi connectivity index (χ3n) is 3.86. The van der Waals surface area contributed by atoms with Crippen LogP contribution in [-0.4, -0.2) is 26.3 Å². The fourth-order valence-corrected chi connectivity index (χ4v) is 2.69. The van der Waals surface area contributed by atoms with Gasteiger partial charge in [0.2, 0.25) is 0 Å². The highest BCUT2D eigenvalue weighted by Gasteiger charge is 2.29. The summed E-state index contributed by atoms with van der Waals surface area (Å²) >= 11 is 0. The number of ether oxygens (including phenoxy) is 1. The molecule has 1 saturated carbocycles. The molecule has 0 radical (unpaired) electrons. The van der Waals surface area contributed by atoms with Gasteiger partial charge in [0.05, 0.1) is 0 Å². The number of benzene rings is 1. The number of nitrogens with one attached hydrogen (secondary N) is 1. The van der Waals surface area contributed by atoms with Crippen LogP contribution in [0.3, 0.4) is 0 Å². The van der Waals surface area contributed by atoms with Crippen molar-refractivity contribution in [2.24, 2.45) is 5.92 Å². The molecule has 0 bridgehead atoms. The van der Waals surface area contributed by atoms with E-state index in [-0.39, 0.29) is 0 Å². The molecule has 2 rings (SSSR count). The third-order valence-corrected chi connectivity index (χ3v) is 3.86. The maximum atomic E-state index is 5.15. The van der Waals surface area contributed by atoms with Crippen LogP contribution in [0.2, 0.25) is 0 Å². The highest BCUT2D eigenvalue weighted by Crippen LogP contribution is 2.37. The van der Waals surface area contributed by atoms with E-state index in [9.17, 15) is 0 Å². The maximum Gasteiger partial charge on any atom is 0.0499 e. The SMILES string of the molecule is COCC(C)CNC1CC(c2cccc(C)c2)C1. The Bertz CT molecular complexity index is 371. The van der Waals surface area contributed by atoms with Gasteiger partial charge in [0.15, 0.2) is 0 Å². The van der Waals surface area contributed by atoms with Crippen molar-refractivity contribution < 1.29 is 4.74 Å². The van der Waals surface area contributed by atoms with Crippen LogP contribution >= 0.6 is 0 Å². The molecule has 0 aromatic heterocycles. The lowest BCUT2D eigenvalue weighted by atomic mass is 9.75. The Labute approximate surface area is 111 Å². The van der Waals surface area contributed by atoms with Crippen LogP contribution in [0.25, 0.3) is 0 Å². The van der Waals surface area contributed by atoms with Crippen LogP contribution in [0.4, 0.5) is 0 Å². The van der Waals surface area contributed by atoms with E-state index in [1.165, 1.54) is 24.0 Å². The summed E-state index contributed by atoms with van der Waals surface area (Å²) < 4.78 is 5.15. The highest BCUT2D eigenvalue weighted by atomic mass is 16.5. The molecule has 1 fully saturated rings. The highest BCUT2D eigenvalue weighted by molar-refractivity contribution is 5.27. The molecule has 1 atom stereocenters. The lowest BCUT2D eigenvalue weighted by Gasteiger charge is -2.37. The zero-order valence-corrected chi connectivity index (χ0v) is 11.8. The summed E-state index contributed by atoms with van der Waals surface area (Å²) in [5.41, 5.74) is 2.88. The average molecular weight is 247 g/mol. The molecule has 100 valence electrons. The van der Waals surface area contributed by atoms with E-state index in [4.69, 9.17) is 4.74 Å². The predicted molar refractivity (Wildman–Crippen MR) is 76.0 cm³/mol. The van der Waals surface area contributed by atoms with Crippen LogP contribution in [0.15, 0.2) is 24.3 Å².